The summed E-state index contributed by atoms with van der Waals surface area (Å²) in [7, 11) is 0. The Morgan fingerprint density at radius 2 is 1.93 bits per heavy atom. The van der Waals surface area contributed by atoms with Crippen LogP contribution in [0.2, 0.25) is 5.02 Å². The number of aromatic nitrogens is 2. The smallest absolute Gasteiger partial charge is 0.227 e. The van der Waals surface area contributed by atoms with E-state index < -0.39 is 0 Å². The van der Waals surface area contributed by atoms with Gasteiger partial charge in [-0.1, -0.05) is 11.6 Å². The van der Waals surface area contributed by atoms with Gasteiger partial charge in [-0.2, -0.15) is 0 Å². The van der Waals surface area contributed by atoms with Gasteiger partial charge in [0.15, 0.2) is 5.76 Å². The number of hydrogen-bond acceptors (Lipinski definition) is 4. The standard InChI is InChI=1S/C23H23ClN4O/c1-23(2)14-28(12-11-27-23)16-5-3-15(4-6-16)20-13-26-22(29-20)18-7-8-19(24)21-17(18)9-10-25-21/h3-10,13,25,27H,11-12,14H2,1-2H3. The van der Waals surface area contributed by atoms with Crippen LogP contribution in [0.5, 0.6) is 0 Å². The molecule has 1 aliphatic heterocycles. The molecule has 1 fully saturated rings. The number of piperazine rings is 1. The third kappa shape index (κ3) is 3.41. The van der Waals surface area contributed by atoms with Crippen molar-refractivity contribution in [2.75, 3.05) is 24.5 Å². The quantitative estimate of drug-likeness (QED) is 0.482. The van der Waals surface area contributed by atoms with E-state index in [2.05, 4.69) is 58.3 Å². The van der Waals surface area contributed by atoms with Crippen LogP contribution in [0.1, 0.15) is 13.8 Å². The first kappa shape index (κ1) is 18.3. The average Bonchev–Trinajstić information content (AvgIpc) is 3.38. The maximum Gasteiger partial charge on any atom is 0.227 e. The van der Waals surface area contributed by atoms with Gasteiger partial charge in [0.25, 0.3) is 0 Å². The molecule has 6 heteroatoms. The Labute approximate surface area is 174 Å². The fourth-order valence-electron chi connectivity index (χ4n) is 4.04. The number of oxazole rings is 1. The van der Waals surface area contributed by atoms with Crippen molar-refractivity contribution in [1.82, 2.24) is 15.3 Å². The van der Waals surface area contributed by atoms with Gasteiger partial charge >= 0.3 is 0 Å². The number of anilines is 1. The van der Waals surface area contributed by atoms with Crippen LogP contribution in [0, 0.1) is 0 Å². The number of fused-ring (bicyclic) bond motifs is 1. The number of halogens is 1. The SMILES string of the molecule is CC1(C)CN(c2ccc(-c3cnc(-c4ccc(Cl)c5[nH]ccc45)o3)cc2)CCN1. The molecule has 2 N–H and O–H groups in total. The molecule has 1 saturated heterocycles. The van der Waals surface area contributed by atoms with Crippen molar-refractivity contribution >= 4 is 28.2 Å². The molecule has 148 valence electrons. The van der Waals surface area contributed by atoms with Crippen LogP contribution in [0.25, 0.3) is 33.7 Å². The molecule has 0 atom stereocenters. The van der Waals surface area contributed by atoms with Gasteiger partial charge in [0.2, 0.25) is 5.89 Å². The van der Waals surface area contributed by atoms with Gasteiger partial charge in [0, 0.05) is 53.6 Å². The van der Waals surface area contributed by atoms with Crippen molar-refractivity contribution in [3.63, 3.8) is 0 Å². The molecule has 0 radical (unpaired) electrons. The summed E-state index contributed by atoms with van der Waals surface area (Å²) in [5.41, 5.74) is 4.19. The van der Waals surface area contributed by atoms with Crippen LogP contribution in [0.3, 0.4) is 0 Å². The molecule has 5 nitrogen and oxygen atoms in total. The van der Waals surface area contributed by atoms with Gasteiger partial charge in [0.1, 0.15) is 0 Å². The number of nitrogens with zero attached hydrogens (tertiary/aromatic N) is 2. The Morgan fingerprint density at radius 1 is 1.10 bits per heavy atom. The Morgan fingerprint density at radius 3 is 2.72 bits per heavy atom. The third-order valence-corrected chi connectivity index (χ3v) is 5.81. The second kappa shape index (κ2) is 6.94. The number of benzene rings is 2. The summed E-state index contributed by atoms with van der Waals surface area (Å²) in [6.45, 7) is 7.47. The zero-order valence-corrected chi connectivity index (χ0v) is 17.3. The lowest BCUT2D eigenvalue weighted by Crippen LogP contribution is -2.57. The van der Waals surface area contributed by atoms with Crippen molar-refractivity contribution < 1.29 is 4.42 Å². The van der Waals surface area contributed by atoms with E-state index in [4.69, 9.17) is 16.0 Å². The van der Waals surface area contributed by atoms with E-state index >= 15 is 0 Å². The van der Waals surface area contributed by atoms with Crippen molar-refractivity contribution in [2.45, 2.75) is 19.4 Å². The Bertz CT molecular complexity index is 1160. The van der Waals surface area contributed by atoms with Crippen LogP contribution >= 0.6 is 11.6 Å². The molecule has 0 unspecified atom stereocenters. The van der Waals surface area contributed by atoms with E-state index in [0.29, 0.717) is 10.9 Å². The van der Waals surface area contributed by atoms with E-state index in [1.807, 2.05) is 24.4 Å². The third-order valence-electron chi connectivity index (χ3n) is 5.50. The van der Waals surface area contributed by atoms with Gasteiger partial charge in [-0.15, -0.1) is 0 Å². The highest BCUT2D eigenvalue weighted by Gasteiger charge is 2.25. The molecule has 0 saturated carbocycles. The summed E-state index contributed by atoms with van der Waals surface area (Å²) in [6, 6.07) is 14.3. The maximum atomic E-state index is 6.27. The lowest BCUT2D eigenvalue weighted by Gasteiger charge is -2.40. The highest BCUT2D eigenvalue weighted by atomic mass is 35.5. The van der Waals surface area contributed by atoms with Crippen LogP contribution in [0.15, 0.2) is 59.3 Å². The zero-order valence-electron chi connectivity index (χ0n) is 16.5. The summed E-state index contributed by atoms with van der Waals surface area (Å²) >= 11 is 6.27. The minimum absolute atomic E-state index is 0.124. The van der Waals surface area contributed by atoms with E-state index in [1.54, 1.807) is 6.20 Å². The van der Waals surface area contributed by atoms with Crippen molar-refractivity contribution in [2.24, 2.45) is 0 Å². The van der Waals surface area contributed by atoms with Crippen molar-refractivity contribution in [3.05, 3.63) is 59.9 Å². The molecule has 1 aliphatic rings. The summed E-state index contributed by atoms with van der Waals surface area (Å²) in [5.74, 6) is 1.35. The molecule has 2 aromatic carbocycles. The van der Waals surface area contributed by atoms with Crippen LogP contribution < -0.4 is 10.2 Å². The Hall–Kier alpha value is -2.76. The molecule has 0 bridgehead atoms. The topological polar surface area (TPSA) is 57.1 Å². The van der Waals surface area contributed by atoms with Gasteiger partial charge in [-0.3, -0.25) is 0 Å². The lowest BCUT2D eigenvalue weighted by atomic mass is 10.0. The first-order valence-electron chi connectivity index (χ1n) is 9.82. The summed E-state index contributed by atoms with van der Waals surface area (Å²) in [5, 5.41) is 5.24. The zero-order chi connectivity index (χ0) is 20.0. The number of rotatable bonds is 3. The monoisotopic (exact) mass is 406 g/mol. The molecule has 0 amide bonds. The van der Waals surface area contributed by atoms with Gasteiger partial charge in [-0.05, 0) is 56.3 Å². The van der Waals surface area contributed by atoms with Gasteiger partial charge in [-0.25, -0.2) is 4.98 Å². The second-order valence-electron chi connectivity index (χ2n) is 8.17. The van der Waals surface area contributed by atoms with Crippen molar-refractivity contribution in [1.29, 1.82) is 0 Å². The molecule has 0 aliphatic carbocycles. The molecule has 5 rings (SSSR count). The average molecular weight is 407 g/mol. The predicted octanol–water partition coefficient (Wildman–Crippen LogP) is 5.33. The van der Waals surface area contributed by atoms with E-state index in [0.717, 1.165) is 47.4 Å². The Balaban J connectivity index is 1.42. The first-order valence-corrected chi connectivity index (χ1v) is 10.2. The maximum absolute atomic E-state index is 6.27. The summed E-state index contributed by atoms with van der Waals surface area (Å²) < 4.78 is 6.10. The molecule has 4 aromatic rings. The largest absolute Gasteiger partial charge is 0.436 e. The summed E-state index contributed by atoms with van der Waals surface area (Å²) in [6.07, 6.45) is 3.66. The number of nitrogens with one attached hydrogen (secondary N) is 2. The van der Waals surface area contributed by atoms with Crippen molar-refractivity contribution in [3.8, 4) is 22.8 Å². The van der Waals surface area contributed by atoms with Gasteiger partial charge < -0.3 is 19.6 Å². The van der Waals surface area contributed by atoms with Crippen LogP contribution in [0.4, 0.5) is 5.69 Å². The highest BCUT2D eigenvalue weighted by Crippen LogP contribution is 2.34. The van der Waals surface area contributed by atoms with E-state index in [1.165, 1.54) is 5.69 Å². The lowest BCUT2D eigenvalue weighted by molar-refractivity contribution is 0.353. The predicted molar refractivity (Wildman–Crippen MR) is 119 cm³/mol. The first-order chi connectivity index (χ1) is 14.0. The molecular weight excluding hydrogens is 384 g/mol. The number of aromatic amines is 1. The molecular formula is C23H23ClN4O. The van der Waals surface area contributed by atoms with Crippen LogP contribution in [-0.2, 0) is 0 Å². The summed E-state index contributed by atoms with van der Waals surface area (Å²) in [4.78, 5) is 10.1. The normalized spacial score (nSPS) is 16.4. The molecule has 29 heavy (non-hydrogen) atoms. The van der Waals surface area contributed by atoms with Crippen LogP contribution in [-0.4, -0.2) is 35.1 Å². The number of H-pyrrole nitrogens is 1. The highest BCUT2D eigenvalue weighted by molar-refractivity contribution is 6.35. The number of hydrogen-bond donors (Lipinski definition) is 2. The fourth-order valence-corrected chi connectivity index (χ4v) is 4.26. The minimum atomic E-state index is 0.124. The molecule has 3 heterocycles. The van der Waals surface area contributed by atoms with E-state index in [-0.39, 0.29) is 5.54 Å². The molecule has 2 aromatic heterocycles. The minimum Gasteiger partial charge on any atom is -0.436 e. The molecule has 0 spiro atoms. The van der Waals surface area contributed by atoms with E-state index in [9.17, 15) is 0 Å². The Kier molecular flexibility index (Phi) is 4.37. The second-order valence-corrected chi connectivity index (χ2v) is 8.58. The van der Waals surface area contributed by atoms with Gasteiger partial charge in [0.05, 0.1) is 16.7 Å². The fraction of sp³-hybridized carbons (Fsp3) is 0.261.